The number of aryl methyl sites for hydroxylation is 2. The van der Waals surface area contributed by atoms with E-state index in [2.05, 4.69) is 48.0 Å². The maximum absolute atomic E-state index is 4.69. The topological polar surface area (TPSA) is 25.8 Å². The molecule has 0 atom stereocenters. The van der Waals surface area contributed by atoms with Crippen LogP contribution in [0.4, 0.5) is 0 Å². The molecule has 0 aliphatic heterocycles. The minimum absolute atomic E-state index is 0.823. The van der Waals surface area contributed by atoms with Gasteiger partial charge in [0.05, 0.1) is 0 Å². The lowest BCUT2D eigenvalue weighted by Gasteiger charge is -2.28. The van der Waals surface area contributed by atoms with Gasteiger partial charge in [0.1, 0.15) is 0 Å². The summed E-state index contributed by atoms with van der Waals surface area (Å²) in [4.78, 5) is 9.38. The van der Waals surface area contributed by atoms with Gasteiger partial charge in [0.15, 0.2) is 5.82 Å². The summed E-state index contributed by atoms with van der Waals surface area (Å²) in [5.74, 6) is 2.72. The molecule has 1 aliphatic carbocycles. The van der Waals surface area contributed by atoms with Gasteiger partial charge in [0.25, 0.3) is 0 Å². The summed E-state index contributed by atoms with van der Waals surface area (Å²) in [5, 5.41) is 0. The maximum atomic E-state index is 4.69. The van der Waals surface area contributed by atoms with Gasteiger partial charge in [-0.15, -0.1) is 0 Å². The van der Waals surface area contributed by atoms with Crippen molar-refractivity contribution in [2.45, 2.75) is 104 Å². The number of unbranched alkanes of at least 4 members (excludes halogenated alkanes) is 4. The first-order valence-electron chi connectivity index (χ1n) is 12.8. The van der Waals surface area contributed by atoms with Crippen molar-refractivity contribution in [1.82, 2.24) is 9.97 Å². The summed E-state index contributed by atoms with van der Waals surface area (Å²) in [6.07, 6.45) is 22.9. The highest BCUT2D eigenvalue weighted by molar-refractivity contribution is 9.10. The van der Waals surface area contributed by atoms with Crippen LogP contribution in [0.2, 0.25) is 0 Å². The average molecular weight is 486 g/mol. The minimum Gasteiger partial charge on any atom is -0.236 e. The molecular formula is C28H41BrN2. The Kier molecular flexibility index (Phi) is 10.5. The molecule has 3 heteroatoms. The molecule has 2 nitrogen and oxygen atoms in total. The summed E-state index contributed by atoms with van der Waals surface area (Å²) >= 11 is 3.74. The number of hydrogen-bond donors (Lipinski definition) is 0. The Hall–Kier alpha value is -1.22. The van der Waals surface area contributed by atoms with Crippen LogP contribution in [-0.2, 0) is 12.8 Å². The number of aromatic nitrogens is 2. The number of benzene rings is 1. The maximum Gasteiger partial charge on any atom is 0.160 e. The fourth-order valence-corrected chi connectivity index (χ4v) is 5.56. The van der Waals surface area contributed by atoms with Crippen LogP contribution in [0.1, 0.15) is 102 Å². The standard InChI is InChI=1S/C28H41BrN2/c1-3-5-7-9-22-11-13-23(14-12-22)15-16-25-20-30-28(31-21-25)26-18-17-24(19-27(26)29)10-8-6-4-2/h17-23H,3-16H2,1-2H3/t22-,23-. The molecule has 31 heavy (non-hydrogen) atoms. The zero-order valence-electron chi connectivity index (χ0n) is 19.7. The number of hydrogen-bond acceptors (Lipinski definition) is 2. The molecule has 0 radical (unpaired) electrons. The molecule has 1 saturated carbocycles. The van der Waals surface area contributed by atoms with Gasteiger partial charge in [-0.2, -0.15) is 0 Å². The lowest BCUT2D eigenvalue weighted by atomic mass is 9.78. The van der Waals surface area contributed by atoms with Crippen molar-refractivity contribution in [2.75, 3.05) is 0 Å². The zero-order valence-corrected chi connectivity index (χ0v) is 21.3. The summed E-state index contributed by atoms with van der Waals surface area (Å²) < 4.78 is 1.10. The fourth-order valence-electron chi connectivity index (χ4n) is 4.96. The van der Waals surface area contributed by atoms with Crippen molar-refractivity contribution in [2.24, 2.45) is 11.8 Å². The van der Waals surface area contributed by atoms with E-state index in [0.29, 0.717) is 0 Å². The van der Waals surface area contributed by atoms with Gasteiger partial charge >= 0.3 is 0 Å². The second-order valence-electron chi connectivity index (χ2n) is 9.61. The third-order valence-electron chi connectivity index (χ3n) is 7.07. The molecule has 1 aromatic heterocycles. The lowest BCUT2D eigenvalue weighted by molar-refractivity contribution is 0.249. The van der Waals surface area contributed by atoms with Crippen LogP contribution < -0.4 is 0 Å². The number of halogens is 1. The van der Waals surface area contributed by atoms with Crippen LogP contribution in [0.25, 0.3) is 11.4 Å². The normalized spacial score (nSPS) is 18.9. The molecule has 0 bridgehead atoms. The first kappa shape index (κ1) is 24.4. The van der Waals surface area contributed by atoms with E-state index < -0.39 is 0 Å². The van der Waals surface area contributed by atoms with Crippen LogP contribution in [0.3, 0.4) is 0 Å². The largest absolute Gasteiger partial charge is 0.236 e. The highest BCUT2D eigenvalue weighted by Gasteiger charge is 2.20. The van der Waals surface area contributed by atoms with Crippen molar-refractivity contribution in [1.29, 1.82) is 0 Å². The molecule has 3 rings (SSSR count). The van der Waals surface area contributed by atoms with E-state index in [4.69, 9.17) is 9.97 Å². The van der Waals surface area contributed by atoms with E-state index in [1.165, 1.54) is 88.2 Å². The predicted octanol–water partition coefficient (Wildman–Crippen LogP) is 8.96. The van der Waals surface area contributed by atoms with Crippen molar-refractivity contribution >= 4 is 15.9 Å². The number of rotatable bonds is 12. The van der Waals surface area contributed by atoms with Gasteiger partial charge in [-0.05, 0) is 60.8 Å². The van der Waals surface area contributed by atoms with Crippen LogP contribution in [0.15, 0.2) is 35.1 Å². The molecule has 1 aliphatic rings. The van der Waals surface area contributed by atoms with Crippen LogP contribution in [-0.4, -0.2) is 9.97 Å². The molecule has 0 N–H and O–H groups in total. The molecule has 170 valence electrons. The summed E-state index contributed by atoms with van der Waals surface area (Å²) in [5.41, 5.74) is 3.76. The van der Waals surface area contributed by atoms with Crippen molar-refractivity contribution in [3.8, 4) is 11.4 Å². The quantitative estimate of drug-likeness (QED) is 0.280. The Morgan fingerprint density at radius 2 is 1.42 bits per heavy atom. The van der Waals surface area contributed by atoms with E-state index in [1.54, 1.807) is 0 Å². The molecule has 0 saturated heterocycles. The van der Waals surface area contributed by atoms with Crippen molar-refractivity contribution in [3.63, 3.8) is 0 Å². The van der Waals surface area contributed by atoms with E-state index in [0.717, 1.165) is 40.5 Å². The lowest BCUT2D eigenvalue weighted by Crippen LogP contribution is -2.15. The molecule has 0 spiro atoms. The molecule has 1 heterocycles. The van der Waals surface area contributed by atoms with E-state index in [-0.39, 0.29) is 0 Å². The molecular weight excluding hydrogens is 444 g/mol. The second-order valence-corrected chi connectivity index (χ2v) is 10.5. The van der Waals surface area contributed by atoms with Crippen LogP contribution in [0, 0.1) is 11.8 Å². The molecule has 2 aromatic rings. The van der Waals surface area contributed by atoms with Gasteiger partial charge < -0.3 is 0 Å². The Labute approximate surface area is 198 Å². The van der Waals surface area contributed by atoms with Crippen molar-refractivity contribution < 1.29 is 0 Å². The predicted molar refractivity (Wildman–Crippen MR) is 136 cm³/mol. The van der Waals surface area contributed by atoms with E-state index in [9.17, 15) is 0 Å². The van der Waals surface area contributed by atoms with Crippen molar-refractivity contribution in [3.05, 3.63) is 46.2 Å². The smallest absolute Gasteiger partial charge is 0.160 e. The Balaban J connectivity index is 1.45. The Morgan fingerprint density at radius 1 is 0.774 bits per heavy atom. The zero-order chi connectivity index (χ0) is 21.9. The highest BCUT2D eigenvalue weighted by atomic mass is 79.9. The van der Waals surface area contributed by atoms with E-state index in [1.807, 2.05) is 12.4 Å². The fraction of sp³-hybridized carbons (Fsp3) is 0.643. The average Bonchev–Trinajstić information content (AvgIpc) is 2.79. The van der Waals surface area contributed by atoms with E-state index >= 15 is 0 Å². The minimum atomic E-state index is 0.823. The van der Waals surface area contributed by atoms with Gasteiger partial charge in [-0.1, -0.05) is 100 Å². The van der Waals surface area contributed by atoms with Gasteiger partial charge in [0, 0.05) is 22.4 Å². The Morgan fingerprint density at radius 3 is 2.06 bits per heavy atom. The van der Waals surface area contributed by atoms with Crippen LogP contribution in [0.5, 0.6) is 0 Å². The molecule has 0 unspecified atom stereocenters. The first-order valence-corrected chi connectivity index (χ1v) is 13.6. The third-order valence-corrected chi connectivity index (χ3v) is 7.73. The highest BCUT2D eigenvalue weighted by Crippen LogP contribution is 2.34. The number of nitrogens with zero attached hydrogens (tertiary/aromatic N) is 2. The molecule has 0 amide bonds. The SMILES string of the molecule is CCCCCc1ccc(-c2ncc(CC[C@H]3CC[C@H](CCCCC)CC3)cn2)c(Br)c1. The monoisotopic (exact) mass is 484 g/mol. The summed E-state index contributed by atoms with van der Waals surface area (Å²) in [7, 11) is 0. The Bertz CT molecular complexity index is 763. The second kappa shape index (κ2) is 13.4. The van der Waals surface area contributed by atoms with Gasteiger partial charge in [-0.3, -0.25) is 0 Å². The first-order chi connectivity index (χ1) is 15.2. The van der Waals surface area contributed by atoms with Gasteiger partial charge in [0.2, 0.25) is 0 Å². The summed E-state index contributed by atoms with van der Waals surface area (Å²) in [6, 6.07) is 6.63. The third kappa shape index (κ3) is 8.00. The van der Waals surface area contributed by atoms with Crippen LogP contribution >= 0.6 is 15.9 Å². The molecule has 1 fully saturated rings. The molecule has 1 aromatic carbocycles. The van der Waals surface area contributed by atoms with Gasteiger partial charge in [-0.25, -0.2) is 9.97 Å². The summed E-state index contributed by atoms with van der Waals surface area (Å²) in [6.45, 7) is 4.55.